The van der Waals surface area contributed by atoms with Gasteiger partial charge in [-0.1, -0.05) is 23.2 Å². The number of hydrogen-bond donors (Lipinski definition) is 1. The molecule has 0 spiro atoms. The Morgan fingerprint density at radius 3 is 2.73 bits per heavy atom. The highest BCUT2D eigenvalue weighted by molar-refractivity contribution is 6.39. The molecule has 5 heteroatoms. The summed E-state index contributed by atoms with van der Waals surface area (Å²) < 4.78 is 5.13. The van der Waals surface area contributed by atoms with Crippen molar-refractivity contribution >= 4 is 40.4 Å². The lowest BCUT2D eigenvalue weighted by Gasteiger charge is -2.02. The standard InChI is InChI=1S/C10H7Cl2NO2/c1-15-7-3-2-6(11)8-5(4-14)10(12)13-9(7)8/h2-4,13H,1H3. The number of halogens is 2. The Bertz CT molecular complexity index is 534. The van der Waals surface area contributed by atoms with Gasteiger partial charge in [-0.3, -0.25) is 4.79 Å². The van der Waals surface area contributed by atoms with Gasteiger partial charge in [0.15, 0.2) is 6.29 Å². The summed E-state index contributed by atoms with van der Waals surface area (Å²) in [6.07, 6.45) is 0.673. The molecule has 15 heavy (non-hydrogen) atoms. The molecule has 2 aromatic rings. The number of carbonyl (C=O) groups is 1. The van der Waals surface area contributed by atoms with Crippen molar-refractivity contribution in [2.45, 2.75) is 0 Å². The van der Waals surface area contributed by atoms with Gasteiger partial charge in [0, 0.05) is 5.39 Å². The number of ether oxygens (including phenoxy) is 1. The SMILES string of the molecule is COc1ccc(Cl)c2c(C=O)c(Cl)[nH]c12. The number of aromatic nitrogens is 1. The van der Waals surface area contributed by atoms with Crippen LogP contribution in [0.3, 0.4) is 0 Å². The van der Waals surface area contributed by atoms with Crippen LogP contribution >= 0.6 is 23.2 Å². The predicted octanol–water partition coefficient (Wildman–Crippen LogP) is 3.30. The van der Waals surface area contributed by atoms with E-state index in [9.17, 15) is 4.79 Å². The third kappa shape index (κ3) is 1.48. The Balaban J connectivity index is 2.93. The molecule has 0 radical (unpaired) electrons. The van der Waals surface area contributed by atoms with Crippen LogP contribution < -0.4 is 4.74 Å². The first-order valence-electron chi connectivity index (χ1n) is 4.18. The van der Waals surface area contributed by atoms with E-state index in [1.165, 1.54) is 7.11 Å². The van der Waals surface area contributed by atoms with Crippen molar-refractivity contribution in [3.8, 4) is 5.75 Å². The molecule has 0 fully saturated rings. The van der Waals surface area contributed by atoms with E-state index in [-0.39, 0.29) is 5.15 Å². The number of aldehydes is 1. The van der Waals surface area contributed by atoms with Crippen LogP contribution in [0.1, 0.15) is 10.4 Å². The van der Waals surface area contributed by atoms with E-state index in [4.69, 9.17) is 27.9 Å². The molecule has 1 aromatic carbocycles. The maximum atomic E-state index is 10.9. The smallest absolute Gasteiger partial charge is 0.153 e. The minimum Gasteiger partial charge on any atom is -0.495 e. The van der Waals surface area contributed by atoms with Gasteiger partial charge in [0.2, 0.25) is 0 Å². The van der Waals surface area contributed by atoms with Gasteiger partial charge in [0.05, 0.1) is 23.2 Å². The van der Waals surface area contributed by atoms with Crippen molar-refractivity contribution in [3.63, 3.8) is 0 Å². The average molecular weight is 244 g/mol. The van der Waals surface area contributed by atoms with Gasteiger partial charge >= 0.3 is 0 Å². The highest BCUT2D eigenvalue weighted by atomic mass is 35.5. The molecule has 0 saturated heterocycles. The predicted molar refractivity (Wildman–Crippen MR) is 60.3 cm³/mol. The van der Waals surface area contributed by atoms with Crippen LogP contribution in [-0.4, -0.2) is 18.4 Å². The molecule has 3 nitrogen and oxygen atoms in total. The fraction of sp³-hybridized carbons (Fsp3) is 0.100. The monoisotopic (exact) mass is 243 g/mol. The van der Waals surface area contributed by atoms with Crippen LogP contribution in [0.2, 0.25) is 10.2 Å². The number of fused-ring (bicyclic) bond motifs is 1. The molecule has 0 aliphatic heterocycles. The van der Waals surface area contributed by atoms with Crippen molar-refractivity contribution < 1.29 is 9.53 Å². The van der Waals surface area contributed by atoms with E-state index >= 15 is 0 Å². The molecule has 1 N–H and O–H groups in total. The fourth-order valence-corrected chi connectivity index (χ4v) is 2.01. The number of methoxy groups -OCH3 is 1. The first kappa shape index (κ1) is 10.3. The quantitative estimate of drug-likeness (QED) is 0.823. The molecular weight excluding hydrogens is 237 g/mol. The third-order valence-electron chi connectivity index (χ3n) is 2.19. The van der Waals surface area contributed by atoms with Crippen molar-refractivity contribution in [2.24, 2.45) is 0 Å². The van der Waals surface area contributed by atoms with Gasteiger partial charge in [-0.05, 0) is 12.1 Å². The number of hydrogen-bond acceptors (Lipinski definition) is 2. The molecule has 0 amide bonds. The van der Waals surface area contributed by atoms with E-state index in [0.29, 0.717) is 33.5 Å². The number of carbonyl (C=O) groups excluding carboxylic acids is 1. The van der Waals surface area contributed by atoms with Gasteiger partial charge in [0.25, 0.3) is 0 Å². The highest BCUT2D eigenvalue weighted by Gasteiger charge is 2.15. The topological polar surface area (TPSA) is 42.1 Å². The van der Waals surface area contributed by atoms with Crippen LogP contribution in [-0.2, 0) is 0 Å². The number of rotatable bonds is 2. The Kier molecular flexibility index (Phi) is 2.59. The van der Waals surface area contributed by atoms with Crippen LogP contribution in [0.25, 0.3) is 10.9 Å². The van der Waals surface area contributed by atoms with Gasteiger partial charge in [0.1, 0.15) is 10.9 Å². The zero-order valence-corrected chi connectivity index (χ0v) is 9.32. The van der Waals surface area contributed by atoms with Crippen LogP contribution in [0.5, 0.6) is 5.75 Å². The summed E-state index contributed by atoms with van der Waals surface area (Å²) in [4.78, 5) is 13.7. The summed E-state index contributed by atoms with van der Waals surface area (Å²) in [7, 11) is 1.54. The molecule has 0 bridgehead atoms. The molecule has 1 aromatic heterocycles. The Hall–Kier alpha value is -1.19. The second-order valence-electron chi connectivity index (χ2n) is 2.97. The number of benzene rings is 1. The fourth-order valence-electron chi connectivity index (χ4n) is 1.51. The van der Waals surface area contributed by atoms with Gasteiger partial charge < -0.3 is 9.72 Å². The molecule has 0 aliphatic carbocycles. The zero-order valence-electron chi connectivity index (χ0n) is 7.80. The second-order valence-corrected chi connectivity index (χ2v) is 3.76. The summed E-state index contributed by atoms with van der Waals surface area (Å²) in [5.41, 5.74) is 0.993. The second kappa shape index (κ2) is 3.76. The highest BCUT2D eigenvalue weighted by Crippen LogP contribution is 2.36. The van der Waals surface area contributed by atoms with Crippen molar-refractivity contribution in [2.75, 3.05) is 7.11 Å². The van der Waals surface area contributed by atoms with Crippen molar-refractivity contribution in [1.29, 1.82) is 0 Å². The largest absolute Gasteiger partial charge is 0.495 e. The van der Waals surface area contributed by atoms with Gasteiger partial charge in [-0.2, -0.15) is 0 Å². The number of aromatic amines is 1. The number of H-pyrrole nitrogens is 1. The lowest BCUT2D eigenvalue weighted by molar-refractivity contribution is 0.112. The van der Waals surface area contributed by atoms with Crippen LogP contribution in [0.4, 0.5) is 0 Å². The molecule has 0 unspecified atom stereocenters. The molecule has 2 rings (SSSR count). The summed E-state index contributed by atoms with van der Waals surface area (Å²) in [5.74, 6) is 0.601. The molecule has 78 valence electrons. The van der Waals surface area contributed by atoms with E-state index in [0.717, 1.165) is 0 Å². The lowest BCUT2D eigenvalue weighted by atomic mass is 10.2. The first-order valence-corrected chi connectivity index (χ1v) is 4.93. The Morgan fingerprint density at radius 1 is 1.40 bits per heavy atom. The van der Waals surface area contributed by atoms with Crippen molar-refractivity contribution in [3.05, 3.63) is 27.9 Å². The molecule has 0 aliphatic rings. The van der Waals surface area contributed by atoms with E-state index < -0.39 is 0 Å². The van der Waals surface area contributed by atoms with E-state index in [1.807, 2.05) is 0 Å². The van der Waals surface area contributed by atoms with Gasteiger partial charge in [-0.25, -0.2) is 0 Å². The minimum absolute atomic E-state index is 0.270. The summed E-state index contributed by atoms with van der Waals surface area (Å²) in [6.45, 7) is 0. The lowest BCUT2D eigenvalue weighted by Crippen LogP contribution is -1.84. The minimum atomic E-state index is 0.270. The summed E-state index contributed by atoms with van der Waals surface area (Å²) >= 11 is 11.9. The summed E-state index contributed by atoms with van der Waals surface area (Å²) in [6, 6.07) is 3.38. The average Bonchev–Trinajstić information content (AvgIpc) is 2.56. The van der Waals surface area contributed by atoms with E-state index in [2.05, 4.69) is 4.98 Å². The van der Waals surface area contributed by atoms with Crippen LogP contribution in [0, 0.1) is 0 Å². The molecule has 0 saturated carbocycles. The molecule has 0 atom stereocenters. The Morgan fingerprint density at radius 2 is 2.13 bits per heavy atom. The number of nitrogens with one attached hydrogen (secondary N) is 1. The van der Waals surface area contributed by atoms with Crippen molar-refractivity contribution in [1.82, 2.24) is 4.98 Å². The maximum absolute atomic E-state index is 10.9. The maximum Gasteiger partial charge on any atom is 0.153 e. The third-order valence-corrected chi connectivity index (χ3v) is 2.81. The van der Waals surface area contributed by atoms with Gasteiger partial charge in [-0.15, -0.1) is 0 Å². The normalized spacial score (nSPS) is 10.6. The Labute approximate surface area is 95.9 Å². The van der Waals surface area contributed by atoms with Crippen LogP contribution in [0.15, 0.2) is 12.1 Å². The first-order chi connectivity index (χ1) is 7.19. The molecular formula is C10H7Cl2NO2. The summed E-state index contributed by atoms with van der Waals surface area (Å²) in [5, 5.41) is 1.33. The van der Waals surface area contributed by atoms with E-state index in [1.54, 1.807) is 12.1 Å². The molecule has 1 heterocycles. The zero-order chi connectivity index (χ0) is 11.0.